The molecule has 4 heteroatoms. The molecule has 0 spiro atoms. The minimum atomic E-state index is -0.652. The van der Waals surface area contributed by atoms with Gasteiger partial charge in [-0.25, -0.2) is 0 Å². The highest BCUT2D eigenvalue weighted by Gasteiger charge is 2.03. The number of ether oxygens (including phenoxy) is 1. The second kappa shape index (κ2) is 52.8. The first-order valence-corrected chi connectivity index (χ1v) is 27.2. The lowest BCUT2D eigenvalue weighted by atomic mass is 10.0. The fourth-order valence-corrected chi connectivity index (χ4v) is 8.63. The molecule has 0 atom stereocenters. The van der Waals surface area contributed by atoms with Gasteiger partial charge in [0.25, 0.3) is 0 Å². The van der Waals surface area contributed by atoms with Gasteiger partial charge >= 0.3 is 11.9 Å². The second-order valence-electron chi connectivity index (χ2n) is 18.7. The van der Waals surface area contributed by atoms with E-state index in [-0.39, 0.29) is 5.97 Å². The fourth-order valence-electron chi connectivity index (χ4n) is 8.63. The molecule has 0 aromatic heterocycles. The Kier molecular flexibility index (Phi) is 51.6. The number of esters is 1. The molecule has 350 valence electrons. The third-order valence-corrected chi connectivity index (χ3v) is 12.7. The van der Waals surface area contributed by atoms with Crippen LogP contribution in [0.5, 0.6) is 0 Å². The molecule has 4 nitrogen and oxygen atoms in total. The molecule has 0 heterocycles. The summed E-state index contributed by atoms with van der Waals surface area (Å²) in [6.07, 6.45) is 68.8. The Hall–Kier alpha value is -1.32. The number of allylic oxidation sites excluding steroid dienone is 2. The van der Waals surface area contributed by atoms with Gasteiger partial charge in [-0.2, -0.15) is 0 Å². The van der Waals surface area contributed by atoms with Gasteiger partial charge in [0.1, 0.15) is 0 Å². The van der Waals surface area contributed by atoms with E-state index in [1.165, 1.54) is 276 Å². The minimum absolute atomic E-state index is 0.0221. The Morgan fingerprint density at radius 2 is 0.559 bits per heavy atom. The van der Waals surface area contributed by atoms with E-state index in [4.69, 9.17) is 9.84 Å². The van der Waals surface area contributed by atoms with Crippen LogP contribution in [0.15, 0.2) is 12.2 Å². The third kappa shape index (κ3) is 54.7. The molecule has 0 radical (unpaired) electrons. The van der Waals surface area contributed by atoms with Gasteiger partial charge in [0.05, 0.1) is 6.61 Å². The van der Waals surface area contributed by atoms with Gasteiger partial charge in [-0.15, -0.1) is 0 Å². The molecule has 0 fully saturated rings. The molecule has 0 aromatic rings. The number of carbonyl (C=O) groups is 2. The lowest BCUT2D eigenvalue weighted by Gasteiger charge is -2.06. The molecule has 0 saturated heterocycles. The first-order chi connectivity index (χ1) is 29.2. The van der Waals surface area contributed by atoms with Crippen LogP contribution >= 0.6 is 0 Å². The van der Waals surface area contributed by atoms with E-state index in [1.807, 2.05) is 0 Å². The molecule has 0 aromatic carbocycles. The Labute approximate surface area is 370 Å². The number of unbranched alkanes of at least 4 members (excludes halogenated alkanes) is 44. The molecule has 0 saturated carbocycles. The Morgan fingerprint density at radius 3 is 0.847 bits per heavy atom. The van der Waals surface area contributed by atoms with Gasteiger partial charge in [-0.1, -0.05) is 276 Å². The topological polar surface area (TPSA) is 63.6 Å². The number of rotatable bonds is 52. The average Bonchev–Trinajstić information content (AvgIpc) is 3.23. The van der Waals surface area contributed by atoms with Crippen molar-refractivity contribution < 1.29 is 19.4 Å². The van der Waals surface area contributed by atoms with Crippen molar-refractivity contribution in [1.29, 1.82) is 0 Å². The Bertz CT molecular complexity index is 837. The molecule has 0 rings (SSSR count). The maximum absolute atomic E-state index is 12.1. The summed E-state index contributed by atoms with van der Waals surface area (Å²) in [5.41, 5.74) is 0. The van der Waals surface area contributed by atoms with Crippen LogP contribution in [-0.4, -0.2) is 23.7 Å². The molecule has 0 amide bonds. The van der Waals surface area contributed by atoms with Gasteiger partial charge in [0.15, 0.2) is 0 Å². The van der Waals surface area contributed by atoms with Crippen molar-refractivity contribution in [3.63, 3.8) is 0 Å². The average molecular weight is 831 g/mol. The predicted molar refractivity (Wildman–Crippen MR) is 260 cm³/mol. The summed E-state index contributed by atoms with van der Waals surface area (Å²) >= 11 is 0. The zero-order chi connectivity index (χ0) is 42.6. The maximum atomic E-state index is 12.1. The summed E-state index contributed by atoms with van der Waals surface area (Å²) < 4.78 is 5.50. The highest BCUT2D eigenvalue weighted by molar-refractivity contribution is 5.69. The lowest BCUT2D eigenvalue weighted by Crippen LogP contribution is -2.05. The number of carbonyl (C=O) groups excluding carboxylic acids is 1. The van der Waals surface area contributed by atoms with Gasteiger partial charge in [-0.05, 0) is 44.9 Å². The molecule has 0 bridgehead atoms. The zero-order valence-electron chi connectivity index (χ0n) is 40.2. The van der Waals surface area contributed by atoms with E-state index in [0.717, 1.165) is 25.7 Å². The van der Waals surface area contributed by atoms with Crippen molar-refractivity contribution in [2.45, 2.75) is 322 Å². The number of aliphatic carboxylic acids is 1. The summed E-state index contributed by atoms with van der Waals surface area (Å²) in [4.78, 5) is 22.6. The Morgan fingerprint density at radius 1 is 0.322 bits per heavy atom. The minimum Gasteiger partial charge on any atom is -0.481 e. The van der Waals surface area contributed by atoms with E-state index >= 15 is 0 Å². The van der Waals surface area contributed by atoms with Crippen LogP contribution in [0.25, 0.3) is 0 Å². The van der Waals surface area contributed by atoms with Crippen LogP contribution < -0.4 is 0 Å². The third-order valence-electron chi connectivity index (χ3n) is 12.7. The number of hydrogen-bond donors (Lipinski definition) is 1. The van der Waals surface area contributed by atoms with E-state index in [0.29, 0.717) is 19.4 Å². The van der Waals surface area contributed by atoms with Crippen LogP contribution in [0.4, 0.5) is 0 Å². The smallest absolute Gasteiger partial charge is 0.305 e. The zero-order valence-corrected chi connectivity index (χ0v) is 40.2. The monoisotopic (exact) mass is 831 g/mol. The summed E-state index contributed by atoms with van der Waals surface area (Å²) in [6, 6.07) is 0. The van der Waals surface area contributed by atoms with Crippen molar-refractivity contribution in [2.24, 2.45) is 0 Å². The van der Waals surface area contributed by atoms with Crippen molar-refractivity contribution >= 4 is 11.9 Å². The predicted octanol–water partition coefficient (Wildman–Crippen LogP) is 19.3. The molecule has 0 unspecified atom stereocenters. The first kappa shape index (κ1) is 57.7. The molecule has 0 aliphatic heterocycles. The molecule has 1 N–H and O–H groups in total. The highest BCUT2D eigenvalue weighted by atomic mass is 16.5. The Balaban J connectivity index is 3.16. The van der Waals surface area contributed by atoms with Gasteiger partial charge in [0, 0.05) is 12.8 Å². The SMILES string of the molecule is CCCCCCCCC=CCCCCCCCCCCCC(=O)OCCCCCCCCCCCCCCCCCCCCCCCCCCCCCCCCC(=O)O. The standard InChI is InChI=1S/C55H106O4/c1-2-3-4-5-6-7-8-9-10-11-24-28-31-34-37-40-43-46-49-52-55(58)59-53-50-47-44-41-38-35-32-29-26-23-21-19-17-15-13-12-14-16-18-20-22-25-27-30-33-36-39-42-45-48-51-54(56)57/h9-10H,2-8,11-53H2,1H3,(H,56,57). The summed E-state index contributed by atoms with van der Waals surface area (Å²) in [5, 5.41) is 8.67. The van der Waals surface area contributed by atoms with E-state index < -0.39 is 5.97 Å². The van der Waals surface area contributed by atoms with Crippen LogP contribution in [0.3, 0.4) is 0 Å². The van der Waals surface area contributed by atoms with Crippen LogP contribution in [0.1, 0.15) is 322 Å². The van der Waals surface area contributed by atoms with Crippen LogP contribution in [0, 0.1) is 0 Å². The summed E-state index contributed by atoms with van der Waals surface area (Å²) in [5.74, 6) is -0.630. The van der Waals surface area contributed by atoms with Gasteiger partial charge < -0.3 is 9.84 Å². The molecule has 59 heavy (non-hydrogen) atoms. The van der Waals surface area contributed by atoms with Crippen LogP contribution in [-0.2, 0) is 14.3 Å². The van der Waals surface area contributed by atoms with Gasteiger partial charge in [-0.3, -0.25) is 9.59 Å². The molecular formula is C55H106O4. The molecule has 0 aliphatic rings. The maximum Gasteiger partial charge on any atom is 0.305 e. The second-order valence-corrected chi connectivity index (χ2v) is 18.7. The number of carboxylic acid groups (broad SMARTS) is 1. The highest BCUT2D eigenvalue weighted by Crippen LogP contribution is 2.18. The number of carboxylic acids is 1. The summed E-state index contributed by atoms with van der Waals surface area (Å²) in [6.45, 7) is 2.91. The van der Waals surface area contributed by atoms with Crippen molar-refractivity contribution in [1.82, 2.24) is 0 Å². The van der Waals surface area contributed by atoms with E-state index in [2.05, 4.69) is 19.1 Å². The van der Waals surface area contributed by atoms with E-state index in [1.54, 1.807) is 0 Å². The summed E-state index contributed by atoms with van der Waals surface area (Å²) in [7, 11) is 0. The quantitative estimate of drug-likeness (QED) is 0.0377. The van der Waals surface area contributed by atoms with Crippen molar-refractivity contribution in [2.75, 3.05) is 6.61 Å². The van der Waals surface area contributed by atoms with Gasteiger partial charge in [0.2, 0.25) is 0 Å². The lowest BCUT2D eigenvalue weighted by molar-refractivity contribution is -0.144. The normalized spacial score (nSPS) is 11.6. The molecular weight excluding hydrogens is 725 g/mol. The first-order valence-electron chi connectivity index (χ1n) is 27.2. The van der Waals surface area contributed by atoms with Crippen LogP contribution in [0.2, 0.25) is 0 Å². The molecule has 0 aliphatic carbocycles. The number of hydrogen-bond acceptors (Lipinski definition) is 3. The fraction of sp³-hybridized carbons (Fsp3) is 0.927. The van der Waals surface area contributed by atoms with Crippen molar-refractivity contribution in [3.8, 4) is 0 Å². The van der Waals surface area contributed by atoms with E-state index in [9.17, 15) is 9.59 Å². The largest absolute Gasteiger partial charge is 0.481 e. The van der Waals surface area contributed by atoms with Crippen molar-refractivity contribution in [3.05, 3.63) is 12.2 Å².